The highest BCUT2D eigenvalue weighted by Crippen LogP contribution is 2.45. The van der Waals surface area contributed by atoms with E-state index in [-0.39, 0.29) is 36.2 Å². The second-order valence-electron chi connectivity index (χ2n) is 25.3. The maximum absolute atomic E-state index is 14.3. The van der Waals surface area contributed by atoms with E-state index in [0.29, 0.717) is 22.6 Å². The molecule has 1 saturated heterocycles. The van der Waals surface area contributed by atoms with Crippen LogP contribution >= 0.6 is 0 Å². The second-order valence-corrected chi connectivity index (χ2v) is 25.3. The number of ketones is 1. The summed E-state index contributed by atoms with van der Waals surface area (Å²) < 4.78 is 54.1. The monoisotopic (exact) mass is 1700 g/mol. The zero-order chi connectivity index (χ0) is 94.8. The minimum Gasteiger partial charge on any atom is -0.440 e. The van der Waals surface area contributed by atoms with E-state index in [9.17, 15) is 38.5 Å². The standard InChI is InChI=1S/C62H2.C32H31FN2O6.C22H22FNO5/c1-3-5-7-9-11-13-15-17-19-21-23-25-27-29-31-33-35-37-39-41-43-45-47-49-51-53-55-57-59-61-62-60-58-56-54-52-50-48-46-44-42-40-38-36-34-32-30-28-26-24-22-20-18-16-14-12-10-8-6-4-2;1-20-18-26(34-41-20)28(36)32(4,39-19-21-10-12-22(13-11-21)23-14-16-25(33)17-15-23)29(37)35-27(24-8-6-5-7-9-24)31(2,3)40-30(35)38;1-14-11-19(24-29-14)21(27)22(2,20(26)12-25)28-13-15-3-5-16(6-4-15)17-7-9-18(23)10-8-17/h1-2H;5-18,27-28,36H,19H2,1-4H3;3-11,21,25,27H,12-13H2,1-2H3/t;27-,28-,32-;21-,22+/m.00/s1. The Kier molecular flexibility index (Phi) is 44.1. The van der Waals surface area contributed by atoms with Crippen molar-refractivity contribution in [2.24, 2.45) is 0 Å². The fourth-order valence-corrected chi connectivity index (χ4v) is 9.85. The van der Waals surface area contributed by atoms with E-state index in [2.05, 4.69) is 366 Å². The first-order valence-electron chi connectivity index (χ1n) is 37.6. The van der Waals surface area contributed by atoms with Crippen LogP contribution in [0.1, 0.15) is 85.5 Å². The number of hydrogen-bond donors (Lipinski definition) is 3. The van der Waals surface area contributed by atoms with Gasteiger partial charge >= 0.3 is 6.09 Å². The Morgan fingerprint density at radius 1 is 0.394 bits per heavy atom. The van der Waals surface area contributed by atoms with Crippen molar-refractivity contribution >= 4 is 17.8 Å². The highest BCUT2D eigenvalue weighted by molar-refractivity contribution is 5.99. The number of aromatic nitrogens is 2. The molecule has 5 atom stereocenters. The second kappa shape index (κ2) is 58.2. The van der Waals surface area contributed by atoms with Gasteiger partial charge in [0, 0.05) is 273 Å². The number of aliphatic hydroxyl groups excluding tert-OH is 3. The minimum atomic E-state index is -1.95. The van der Waals surface area contributed by atoms with E-state index in [1.807, 2.05) is 78.9 Å². The lowest BCUT2D eigenvalue weighted by Gasteiger charge is -2.37. The van der Waals surface area contributed by atoms with Crippen molar-refractivity contribution in [2.75, 3.05) is 6.61 Å². The van der Waals surface area contributed by atoms with Crippen molar-refractivity contribution in [2.45, 2.75) is 89.8 Å². The summed E-state index contributed by atoms with van der Waals surface area (Å²) in [5.74, 6) is 147. The van der Waals surface area contributed by atoms with Crippen LogP contribution in [0.5, 0.6) is 0 Å². The number of cyclic esters (lactones) is 1. The van der Waals surface area contributed by atoms with E-state index in [0.717, 1.165) is 32.7 Å². The smallest absolute Gasteiger partial charge is 0.417 e. The van der Waals surface area contributed by atoms with E-state index >= 15 is 0 Å². The molecular weight excluding hydrogens is 1650 g/mol. The van der Waals surface area contributed by atoms with E-state index in [1.54, 1.807) is 52.0 Å². The van der Waals surface area contributed by atoms with Crippen molar-refractivity contribution in [3.63, 3.8) is 0 Å². The molecule has 8 rings (SSSR count). The third-order valence-electron chi connectivity index (χ3n) is 15.9. The summed E-state index contributed by atoms with van der Waals surface area (Å²) in [6.07, 6.45) is 6.07. The van der Waals surface area contributed by atoms with Crippen LogP contribution in [0.15, 0.2) is 149 Å². The molecule has 5 aromatic carbocycles. The number of ether oxygens (including phenoxy) is 3. The predicted molar refractivity (Wildman–Crippen MR) is 494 cm³/mol. The highest BCUT2D eigenvalue weighted by atomic mass is 19.1. The summed E-state index contributed by atoms with van der Waals surface area (Å²) in [6, 6.07) is 38.4. The molecule has 2 amide bonds. The maximum atomic E-state index is 14.3. The zero-order valence-electron chi connectivity index (χ0n) is 70.5. The minimum absolute atomic E-state index is 0.0276. The molecule has 614 valence electrons. The average molecular weight is 1700 g/mol. The Labute approximate surface area is 767 Å². The fourth-order valence-electron chi connectivity index (χ4n) is 9.85. The molecule has 1 aliphatic rings. The van der Waals surface area contributed by atoms with Crippen LogP contribution in [0.4, 0.5) is 13.6 Å². The molecule has 0 spiro atoms. The van der Waals surface area contributed by atoms with Gasteiger partial charge in [-0.15, -0.1) is 12.8 Å². The molecule has 1 fully saturated rings. The van der Waals surface area contributed by atoms with Crippen molar-refractivity contribution in [3.8, 4) is 390 Å². The van der Waals surface area contributed by atoms with E-state index < -0.39 is 59.4 Å². The number of Topliss-reactive ketones (excluding diaryl/α,β-unsaturated/α-hetero) is 1. The number of carbonyl (C=O) groups excluding carboxylic acids is 3. The lowest BCUT2D eigenvalue weighted by Crippen LogP contribution is -2.54. The number of imide groups is 1. The number of nitrogens with zero attached hydrogens (tertiary/aromatic N) is 3. The van der Waals surface area contributed by atoms with Gasteiger partial charge in [0.05, 0.1) is 13.2 Å². The molecule has 3 heterocycles. The van der Waals surface area contributed by atoms with Crippen molar-refractivity contribution in [1.82, 2.24) is 15.2 Å². The van der Waals surface area contributed by atoms with Gasteiger partial charge in [0.15, 0.2) is 17.0 Å². The molecule has 2 aromatic heterocycles. The van der Waals surface area contributed by atoms with Crippen LogP contribution in [-0.2, 0) is 37.0 Å². The first-order chi connectivity index (χ1) is 64.2. The lowest BCUT2D eigenvalue weighted by atomic mass is 9.88. The Bertz CT molecular complexity index is 7550. The summed E-state index contributed by atoms with van der Waals surface area (Å²) in [5.41, 5.74) is 1.21. The normalized spacial score (nSPS) is 10.8. The molecule has 1 aliphatic heterocycles. The number of carbonyl (C=O) groups is 3. The number of aliphatic hydroxyl groups is 3. The molecule has 16 heteroatoms. The molecular formula is C116H55F2N3O11. The number of amides is 2. The number of terminal acetylenes is 2. The Morgan fingerprint density at radius 3 is 0.864 bits per heavy atom. The van der Waals surface area contributed by atoms with Crippen LogP contribution in [-0.4, -0.2) is 71.7 Å². The number of hydrogen-bond acceptors (Lipinski definition) is 13. The summed E-state index contributed by atoms with van der Waals surface area (Å²) in [4.78, 5) is 40.8. The van der Waals surface area contributed by atoms with Crippen molar-refractivity contribution in [3.05, 3.63) is 191 Å². The number of aryl methyl sites for hydroxylation is 2. The molecule has 132 heavy (non-hydrogen) atoms. The first kappa shape index (κ1) is 100.0. The van der Waals surface area contributed by atoms with Gasteiger partial charge in [-0.1, -0.05) is 113 Å². The SMILES string of the molecule is C#CC#CC#CC#CC#CC#CC#CC#CC#CC#CC#CC#CC#CC#CC#CC#CC#CC#CC#CC#CC#CC#CC#CC#CC#CC#CC#CC#CC#CC#CC#C.Cc1cc([C@H](O)[C@](C)(OCc2ccc(-c3ccc(F)cc3)cc2)C(=O)CO)no1.Cc1cc([C@H](O)[C@](C)(OCc2ccc(-c3ccc(F)cc3)cc2)C(=O)N2C(=O)OC(C)(C)[C@@H]2c2ccccc2)no1. The third-order valence-corrected chi connectivity index (χ3v) is 15.9. The Morgan fingerprint density at radius 2 is 0.629 bits per heavy atom. The summed E-state index contributed by atoms with van der Waals surface area (Å²) in [6.45, 7) is 8.80. The third kappa shape index (κ3) is 37.2. The van der Waals surface area contributed by atoms with Gasteiger partial charge < -0.3 is 38.6 Å². The molecule has 0 aliphatic carbocycles. The molecule has 14 nitrogen and oxygen atoms in total. The van der Waals surface area contributed by atoms with Crippen LogP contribution in [0, 0.1) is 394 Å². The quantitative estimate of drug-likeness (QED) is 0.0775. The molecule has 7 aromatic rings. The molecule has 3 N–H and O–H groups in total. The highest BCUT2D eigenvalue weighted by Gasteiger charge is 2.58. The molecule has 0 unspecified atom stereocenters. The van der Waals surface area contributed by atoms with Crippen LogP contribution in [0.25, 0.3) is 22.3 Å². The van der Waals surface area contributed by atoms with Gasteiger partial charge in [-0.05, 0) is 199 Å². The van der Waals surface area contributed by atoms with E-state index in [1.165, 1.54) is 50.2 Å². The van der Waals surface area contributed by atoms with Crippen molar-refractivity contribution < 1.29 is 61.7 Å². The number of benzene rings is 5. The Balaban J connectivity index is 0.000000326. The van der Waals surface area contributed by atoms with Gasteiger partial charge in [-0.25, -0.2) is 18.5 Å². The van der Waals surface area contributed by atoms with Gasteiger partial charge in [0.1, 0.15) is 65.0 Å². The topological polar surface area (TPSA) is 195 Å². The summed E-state index contributed by atoms with van der Waals surface area (Å²) >= 11 is 0. The molecule has 0 bridgehead atoms. The van der Waals surface area contributed by atoms with E-state index in [4.69, 9.17) is 36.1 Å². The Hall–Kier alpha value is -20.8. The van der Waals surface area contributed by atoms with Crippen LogP contribution in [0.2, 0.25) is 0 Å². The average Bonchev–Trinajstić information content (AvgIpc) is 1.58. The van der Waals surface area contributed by atoms with Crippen molar-refractivity contribution in [1.29, 1.82) is 0 Å². The predicted octanol–water partition coefficient (Wildman–Crippen LogP) is 10.0. The van der Waals surface area contributed by atoms with Crippen LogP contribution in [0.3, 0.4) is 0 Å². The lowest BCUT2D eigenvalue weighted by molar-refractivity contribution is -0.175. The zero-order valence-corrected chi connectivity index (χ0v) is 70.5. The van der Waals surface area contributed by atoms with Gasteiger partial charge in [-0.2, -0.15) is 0 Å². The van der Waals surface area contributed by atoms with Gasteiger partial charge in [-0.3, -0.25) is 9.59 Å². The number of rotatable bonds is 16. The first-order valence-corrected chi connectivity index (χ1v) is 37.6. The maximum Gasteiger partial charge on any atom is 0.417 e. The molecule has 0 radical (unpaired) electrons. The summed E-state index contributed by atoms with van der Waals surface area (Å²) in [5, 5.41) is 39.1. The van der Waals surface area contributed by atoms with Gasteiger partial charge in [0.25, 0.3) is 5.91 Å². The summed E-state index contributed by atoms with van der Waals surface area (Å²) in [7, 11) is 0. The molecule has 0 saturated carbocycles. The van der Waals surface area contributed by atoms with Crippen LogP contribution < -0.4 is 0 Å². The number of halogens is 2. The fraction of sp³-hybridized carbons (Fsp3) is 0.129. The van der Waals surface area contributed by atoms with Gasteiger partial charge in [0.2, 0.25) is 0 Å². The largest absolute Gasteiger partial charge is 0.440 e.